The minimum atomic E-state index is -3.34. The molecule has 0 aliphatic carbocycles. The number of nitrogens with zero attached hydrogens (tertiary/aromatic N) is 2. The van der Waals surface area contributed by atoms with Crippen molar-refractivity contribution < 1.29 is 13.2 Å². The quantitative estimate of drug-likeness (QED) is 0.907. The Morgan fingerprint density at radius 2 is 2.16 bits per heavy atom. The molecular formula is C11H17N3O3S2. The molecule has 0 spiro atoms. The molecule has 0 bridgehead atoms. The molecule has 1 aliphatic rings. The van der Waals surface area contributed by atoms with Crippen molar-refractivity contribution in [2.75, 3.05) is 18.1 Å². The Morgan fingerprint density at radius 3 is 2.68 bits per heavy atom. The normalized spacial score (nSPS) is 20.7. The van der Waals surface area contributed by atoms with Crippen LogP contribution in [0.5, 0.6) is 0 Å². The van der Waals surface area contributed by atoms with Gasteiger partial charge in [0.15, 0.2) is 5.13 Å². The van der Waals surface area contributed by atoms with E-state index >= 15 is 0 Å². The predicted molar refractivity (Wildman–Crippen MR) is 74.8 cm³/mol. The number of hydrogen-bond acceptors (Lipinski definition) is 5. The van der Waals surface area contributed by atoms with Gasteiger partial charge in [-0.05, 0) is 26.7 Å². The molecule has 1 aromatic heterocycles. The molecule has 6 nitrogen and oxygen atoms in total. The summed E-state index contributed by atoms with van der Waals surface area (Å²) in [7, 11) is -3.34. The average molecular weight is 303 g/mol. The molecule has 0 aromatic carbocycles. The van der Waals surface area contributed by atoms with Crippen molar-refractivity contribution in [3.8, 4) is 0 Å². The zero-order valence-corrected chi connectivity index (χ0v) is 12.8. The summed E-state index contributed by atoms with van der Waals surface area (Å²) in [6, 6.07) is -0.612. The van der Waals surface area contributed by atoms with E-state index in [1.807, 2.05) is 13.8 Å². The summed E-state index contributed by atoms with van der Waals surface area (Å²) in [4.78, 5) is 17.4. The van der Waals surface area contributed by atoms with Gasteiger partial charge in [-0.15, -0.1) is 11.3 Å². The van der Waals surface area contributed by atoms with E-state index in [1.165, 1.54) is 15.6 Å². The standard InChI is InChI=1S/C11H17N3O3S2/c1-7-8(2)18-11(12-7)13-10(15)9-5-4-6-14(9)19(3,16)17/h9H,4-6H2,1-3H3,(H,12,13,15). The molecule has 1 fully saturated rings. The van der Waals surface area contributed by atoms with Crippen LogP contribution in [0.4, 0.5) is 5.13 Å². The van der Waals surface area contributed by atoms with E-state index < -0.39 is 16.1 Å². The number of carbonyl (C=O) groups excluding carboxylic acids is 1. The van der Waals surface area contributed by atoms with Crippen LogP contribution in [0.1, 0.15) is 23.4 Å². The van der Waals surface area contributed by atoms with Gasteiger partial charge in [0.05, 0.1) is 11.9 Å². The van der Waals surface area contributed by atoms with Crippen molar-refractivity contribution in [2.45, 2.75) is 32.7 Å². The summed E-state index contributed by atoms with van der Waals surface area (Å²) in [5.41, 5.74) is 0.881. The number of aromatic nitrogens is 1. The fourth-order valence-electron chi connectivity index (χ4n) is 2.11. The van der Waals surface area contributed by atoms with Crippen molar-refractivity contribution in [3.63, 3.8) is 0 Å². The predicted octanol–water partition coefficient (Wildman–Crippen LogP) is 1.12. The number of sulfonamides is 1. The van der Waals surface area contributed by atoms with Crippen LogP contribution in [0.3, 0.4) is 0 Å². The van der Waals surface area contributed by atoms with Crippen LogP contribution >= 0.6 is 11.3 Å². The summed E-state index contributed by atoms with van der Waals surface area (Å²) in [5, 5.41) is 3.24. The van der Waals surface area contributed by atoms with Crippen LogP contribution in [0, 0.1) is 13.8 Å². The molecule has 0 radical (unpaired) electrons. The number of carbonyl (C=O) groups is 1. The van der Waals surface area contributed by atoms with E-state index in [-0.39, 0.29) is 5.91 Å². The third kappa shape index (κ3) is 3.13. The Kier molecular flexibility index (Phi) is 3.93. The highest BCUT2D eigenvalue weighted by Crippen LogP contribution is 2.24. The van der Waals surface area contributed by atoms with Crippen molar-refractivity contribution >= 4 is 32.4 Å². The number of amides is 1. The number of nitrogens with one attached hydrogen (secondary N) is 1. The number of rotatable bonds is 3. The van der Waals surface area contributed by atoms with Crippen LogP contribution in [-0.2, 0) is 14.8 Å². The number of thiazole rings is 1. The van der Waals surface area contributed by atoms with Gasteiger partial charge in [0, 0.05) is 11.4 Å². The Balaban J connectivity index is 2.11. The lowest BCUT2D eigenvalue weighted by Gasteiger charge is -2.20. The van der Waals surface area contributed by atoms with Gasteiger partial charge in [-0.1, -0.05) is 0 Å². The first-order valence-corrected chi connectivity index (χ1v) is 8.67. The lowest BCUT2D eigenvalue weighted by atomic mass is 10.2. The Bertz CT molecular complexity index is 575. The van der Waals surface area contributed by atoms with Crippen LogP contribution in [0.15, 0.2) is 0 Å². The van der Waals surface area contributed by atoms with Gasteiger partial charge < -0.3 is 5.32 Å². The van der Waals surface area contributed by atoms with Gasteiger partial charge in [0.1, 0.15) is 6.04 Å². The molecule has 1 aliphatic heterocycles. The topological polar surface area (TPSA) is 79.4 Å². The highest BCUT2D eigenvalue weighted by Gasteiger charge is 2.36. The maximum atomic E-state index is 12.1. The van der Waals surface area contributed by atoms with Crippen molar-refractivity contribution in [2.24, 2.45) is 0 Å². The second kappa shape index (κ2) is 5.18. The number of hydrogen-bond donors (Lipinski definition) is 1. The molecule has 19 heavy (non-hydrogen) atoms. The third-order valence-corrected chi connectivity index (χ3v) is 5.47. The molecular weight excluding hydrogens is 286 g/mol. The van der Waals surface area contributed by atoms with Crippen LogP contribution in [0.25, 0.3) is 0 Å². The highest BCUT2D eigenvalue weighted by atomic mass is 32.2. The monoisotopic (exact) mass is 303 g/mol. The van der Waals surface area contributed by atoms with Crippen LogP contribution in [-0.4, -0.2) is 42.5 Å². The van der Waals surface area contributed by atoms with Gasteiger partial charge in [0.25, 0.3) is 0 Å². The lowest BCUT2D eigenvalue weighted by Crippen LogP contribution is -2.42. The zero-order valence-electron chi connectivity index (χ0n) is 11.1. The van der Waals surface area contributed by atoms with Crippen molar-refractivity contribution in [1.29, 1.82) is 0 Å². The second-order valence-electron chi connectivity index (χ2n) is 4.68. The molecule has 1 atom stereocenters. The molecule has 8 heteroatoms. The van der Waals surface area contributed by atoms with Crippen LogP contribution in [0.2, 0.25) is 0 Å². The maximum Gasteiger partial charge on any atom is 0.244 e. The lowest BCUT2D eigenvalue weighted by molar-refractivity contribution is -0.119. The molecule has 1 N–H and O–H groups in total. The summed E-state index contributed by atoms with van der Waals surface area (Å²) in [6.45, 7) is 4.22. The van der Waals surface area contributed by atoms with Crippen LogP contribution < -0.4 is 5.32 Å². The molecule has 2 heterocycles. The van der Waals surface area contributed by atoms with E-state index in [9.17, 15) is 13.2 Å². The number of anilines is 1. The largest absolute Gasteiger partial charge is 0.301 e. The smallest absolute Gasteiger partial charge is 0.244 e. The summed E-state index contributed by atoms with van der Waals surface area (Å²) < 4.78 is 24.4. The molecule has 1 unspecified atom stereocenters. The Hall–Kier alpha value is -0.990. The first-order valence-electron chi connectivity index (χ1n) is 6.01. The molecule has 0 saturated carbocycles. The fraction of sp³-hybridized carbons (Fsp3) is 0.636. The molecule has 1 aromatic rings. The summed E-state index contributed by atoms with van der Waals surface area (Å²) in [6.07, 6.45) is 2.40. The minimum Gasteiger partial charge on any atom is -0.301 e. The van der Waals surface area contributed by atoms with Crippen molar-refractivity contribution in [1.82, 2.24) is 9.29 Å². The maximum absolute atomic E-state index is 12.1. The summed E-state index contributed by atoms with van der Waals surface area (Å²) >= 11 is 1.40. The Morgan fingerprint density at radius 1 is 1.47 bits per heavy atom. The molecule has 1 amide bonds. The van der Waals surface area contributed by atoms with E-state index in [1.54, 1.807) is 0 Å². The first kappa shape index (κ1) is 14.4. The molecule has 1 saturated heterocycles. The second-order valence-corrected chi connectivity index (χ2v) is 7.82. The van der Waals surface area contributed by atoms with Gasteiger partial charge in [-0.3, -0.25) is 4.79 Å². The Labute approximate surface area is 116 Å². The molecule has 2 rings (SSSR count). The first-order chi connectivity index (χ1) is 8.79. The number of aryl methyl sites for hydroxylation is 2. The fourth-order valence-corrected chi connectivity index (χ4v) is 4.06. The van der Waals surface area contributed by atoms with E-state index in [0.717, 1.165) is 16.8 Å². The highest BCUT2D eigenvalue weighted by molar-refractivity contribution is 7.88. The van der Waals surface area contributed by atoms with Gasteiger partial charge >= 0.3 is 0 Å². The van der Waals surface area contributed by atoms with E-state index in [2.05, 4.69) is 10.3 Å². The van der Waals surface area contributed by atoms with Gasteiger partial charge in [-0.25, -0.2) is 13.4 Å². The van der Waals surface area contributed by atoms with E-state index in [0.29, 0.717) is 24.5 Å². The van der Waals surface area contributed by atoms with E-state index in [4.69, 9.17) is 0 Å². The zero-order chi connectivity index (χ0) is 14.2. The van der Waals surface area contributed by atoms with Crippen molar-refractivity contribution in [3.05, 3.63) is 10.6 Å². The minimum absolute atomic E-state index is 0.295. The molecule has 106 valence electrons. The average Bonchev–Trinajstić information content (AvgIpc) is 2.86. The van der Waals surface area contributed by atoms with Gasteiger partial charge in [-0.2, -0.15) is 4.31 Å². The third-order valence-electron chi connectivity index (χ3n) is 3.19. The SMILES string of the molecule is Cc1nc(NC(=O)C2CCCN2S(C)(=O)=O)sc1C. The van der Waals surface area contributed by atoms with Gasteiger partial charge in [0.2, 0.25) is 15.9 Å². The summed E-state index contributed by atoms with van der Waals surface area (Å²) in [5.74, 6) is -0.295.